The minimum absolute atomic E-state index is 0.00258. The van der Waals surface area contributed by atoms with Gasteiger partial charge in [0.2, 0.25) is 5.91 Å². The Hall–Kier alpha value is -3.23. The van der Waals surface area contributed by atoms with Crippen molar-refractivity contribution in [1.29, 1.82) is 0 Å². The van der Waals surface area contributed by atoms with E-state index in [1.54, 1.807) is 12.1 Å². The van der Waals surface area contributed by atoms with Gasteiger partial charge in [-0.15, -0.1) is 0 Å². The summed E-state index contributed by atoms with van der Waals surface area (Å²) in [7, 11) is 1.35. The van der Waals surface area contributed by atoms with E-state index in [9.17, 15) is 18.0 Å². The summed E-state index contributed by atoms with van der Waals surface area (Å²) < 4.78 is 47.1. The van der Waals surface area contributed by atoms with Crippen LogP contribution in [0.1, 0.15) is 37.7 Å². The van der Waals surface area contributed by atoms with E-state index in [1.807, 2.05) is 38.1 Å². The number of rotatable bonds is 9. The lowest BCUT2D eigenvalue weighted by molar-refractivity contribution is -0.153. The molecule has 6 nitrogen and oxygen atoms in total. The van der Waals surface area contributed by atoms with Gasteiger partial charge in [-0.2, -0.15) is 13.2 Å². The molecule has 0 bridgehead atoms. The number of amides is 1. The van der Waals surface area contributed by atoms with Crippen molar-refractivity contribution >= 4 is 16.9 Å². The Bertz CT molecular complexity index is 1030. The highest BCUT2D eigenvalue weighted by Crippen LogP contribution is 2.30. The number of hydrogen-bond donors (Lipinski definition) is 2. The molecule has 3 rings (SSSR count). The van der Waals surface area contributed by atoms with Gasteiger partial charge >= 0.3 is 6.18 Å². The SMILES string of the molecule is COc1cc(CCC(=O)NC(c2nc3ccccc3[nH]2)C(C)C)ccc1OCC(F)(F)F. The molecule has 1 amide bonds. The summed E-state index contributed by atoms with van der Waals surface area (Å²) in [4.78, 5) is 20.5. The van der Waals surface area contributed by atoms with Crippen molar-refractivity contribution in [2.45, 2.75) is 38.9 Å². The zero-order chi connectivity index (χ0) is 23.3. The first-order chi connectivity index (χ1) is 15.2. The Morgan fingerprint density at radius 1 is 1.16 bits per heavy atom. The summed E-state index contributed by atoms with van der Waals surface area (Å²) in [6.45, 7) is 2.61. The number of carbonyl (C=O) groups is 1. The van der Waals surface area contributed by atoms with E-state index in [-0.39, 0.29) is 35.8 Å². The molecule has 2 aromatic carbocycles. The van der Waals surface area contributed by atoms with Crippen LogP contribution in [0.2, 0.25) is 0 Å². The smallest absolute Gasteiger partial charge is 0.422 e. The average Bonchev–Trinajstić information content (AvgIpc) is 3.17. The summed E-state index contributed by atoms with van der Waals surface area (Å²) in [6, 6.07) is 12.0. The van der Waals surface area contributed by atoms with Crippen LogP contribution in [-0.2, 0) is 11.2 Å². The number of aromatic nitrogens is 2. The fraction of sp³-hybridized carbons (Fsp3) is 0.391. The Balaban J connectivity index is 1.62. The van der Waals surface area contributed by atoms with E-state index in [4.69, 9.17) is 9.47 Å². The zero-order valence-corrected chi connectivity index (χ0v) is 18.1. The number of para-hydroxylation sites is 2. The highest BCUT2D eigenvalue weighted by Gasteiger charge is 2.29. The summed E-state index contributed by atoms with van der Waals surface area (Å²) >= 11 is 0. The zero-order valence-electron chi connectivity index (χ0n) is 18.1. The van der Waals surface area contributed by atoms with E-state index >= 15 is 0 Å². The second-order valence-corrected chi connectivity index (χ2v) is 7.82. The Labute approximate surface area is 184 Å². The number of nitrogens with one attached hydrogen (secondary N) is 2. The van der Waals surface area contributed by atoms with Gasteiger partial charge in [0.15, 0.2) is 18.1 Å². The van der Waals surface area contributed by atoms with Crippen LogP contribution in [-0.4, -0.2) is 35.8 Å². The molecule has 0 fully saturated rings. The molecule has 9 heteroatoms. The second kappa shape index (κ2) is 9.93. The van der Waals surface area contributed by atoms with Crippen molar-refractivity contribution in [3.63, 3.8) is 0 Å². The van der Waals surface area contributed by atoms with Crippen molar-refractivity contribution in [3.05, 3.63) is 53.9 Å². The molecular weight excluding hydrogens is 423 g/mol. The monoisotopic (exact) mass is 449 g/mol. The summed E-state index contributed by atoms with van der Waals surface area (Å²) in [5.74, 6) is 0.852. The van der Waals surface area contributed by atoms with Gasteiger partial charge in [0, 0.05) is 6.42 Å². The molecule has 0 aliphatic carbocycles. The van der Waals surface area contributed by atoms with Crippen LogP contribution in [0.15, 0.2) is 42.5 Å². The molecule has 0 aliphatic rings. The third-order valence-corrected chi connectivity index (χ3v) is 4.95. The molecule has 1 atom stereocenters. The lowest BCUT2D eigenvalue weighted by atomic mass is 10.0. The number of fused-ring (bicyclic) bond motifs is 1. The second-order valence-electron chi connectivity index (χ2n) is 7.82. The van der Waals surface area contributed by atoms with E-state index < -0.39 is 12.8 Å². The number of imidazole rings is 1. The van der Waals surface area contributed by atoms with Crippen LogP contribution in [0.5, 0.6) is 11.5 Å². The lowest BCUT2D eigenvalue weighted by Gasteiger charge is -2.20. The number of aromatic amines is 1. The highest BCUT2D eigenvalue weighted by atomic mass is 19.4. The van der Waals surface area contributed by atoms with Crippen molar-refractivity contribution in [1.82, 2.24) is 15.3 Å². The molecule has 1 aromatic heterocycles. The van der Waals surface area contributed by atoms with E-state index in [0.29, 0.717) is 12.2 Å². The quantitative estimate of drug-likeness (QED) is 0.484. The third-order valence-electron chi connectivity index (χ3n) is 4.95. The van der Waals surface area contributed by atoms with Gasteiger partial charge in [-0.05, 0) is 42.2 Å². The molecule has 1 heterocycles. The van der Waals surface area contributed by atoms with Crippen LogP contribution in [0.25, 0.3) is 11.0 Å². The summed E-state index contributed by atoms with van der Waals surface area (Å²) in [5.41, 5.74) is 2.49. The molecule has 0 aliphatic heterocycles. The van der Waals surface area contributed by atoms with Crippen molar-refractivity contribution in [2.24, 2.45) is 5.92 Å². The number of benzene rings is 2. The van der Waals surface area contributed by atoms with E-state index in [0.717, 1.165) is 16.6 Å². The molecule has 0 spiro atoms. The normalized spacial score (nSPS) is 12.7. The molecule has 32 heavy (non-hydrogen) atoms. The average molecular weight is 449 g/mol. The molecule has 3 aromatic rings. The van der Waals surface area contributed by atoms with Crippen LogP contribution in [0.3, 0.4) is 0 Å². The predicted octanol–water partition coefficient (Wildman–Crippen LogP) is 4.96. The summed E-state index contributed by atoms with van der Waals surface area (Å²) in [5, 5.41) is 3.03. The van der Waals surface area contributed by atoms with Gasteiger partial charge < -0.3 is 19.8 Å². The first-order valence-electron chi connectivity index (χ1n) is 10.3. The maximum absolute atomic E-state index is 12.6. The Morgan fingerprint density at radius 2 is 1.91 bits per heavy atom. The number of nitrogens with zero attached hydrogens (tertiary/aromatic N) is 1. The number of ether oxygens (including phenoxy) is 2. The minimum Gasteiger partial charge on any atom is -0.493 e. The van der Waals surface area contributed by atoms with E-state index in [1.165, 1.54) is 13.2 Å². The first-order valence-corrected chi connectivity index (χ1v) is 10.3. The first kappa shape index (κ1) is 23.4. The van der Waals surface area contributed by atoms with Crippen LogP contribution in [0.4, 0.5) is 13.2 Å². The van der Waals surface area contributed by atoms with Crippen LogP contribution < -0.4 is 14.8 Å². The maximum atomic E-state index is 12.6. The van der Waals surface area contributed by atoms with E-state index in [2.05, 4.69) is 15.3 Å². The molecule has 1 unspecified atom stereocenters. The molecule has 0 saturated heterocycles. The number of alkyl halides is 3. The molecule has 0 radical (unpaired) electrons. The summed E-state index contributed by atoms with van der Waals surface area (Å²) in [6.07, 6.45) is -3.84. The Kier molecular flexibility index (Phi) is 7.27. The topological polar surface area (TPSA) is 76.2 Å². The number of carbonyl (C=O) groups excluding carboxylic acids is 1. The van der Waals surface area contributed by atoms with Gasteiger partial charge in [0.25, 0.3) is 0 Å². The molecule has 172 valence electrons. The number of hydrogen-bond acceptors (Lipinski definition) is 4. The lowest BCUT2D eigenvalue weighted by Crippen LogP contribution is -2.32. The standard InChI is InChI=1S/C23H26F3N3O3/c1-14(2)21(22-27-16-6-4-5-7-17(16)28-22)29-20(30)11-9-15-8-10-18(19(12-15)31-3)32-13-23(24,25)26/h4-8,10,12,14,21H,9,11,13H2,1-3H3,(H,27,28)(H,29,30). The largest absolute Gasteiger partial charge is 0.493 e. The van der Waals surface area contributed by atoms with Crippen LogP contribution >= 0.6 is 0 Å². The number of H-pyrrole nitrogens is 1. The molecule has 0 saturated carbocycles. The fourth-order valence-corrected chi connectivity index (χ4v) is 3.32. The highest BCUT2D eigenvalue weighted by molar-refractivity contribution is 5.77. The van der Waals surface area contributed by atoms with Gasteiger partial charge in [-0.25, -0.2) is 4.98 Å². The fourth-order valence-electron chi connectivity index (χ4n) is 3.32. The maximum Gasteiger partial charge on any atom is 0.422 e. The van der Waals surface area contributed by atoms with Gasteiger partial charge in [0.1, 0.15) is 5.82 Å². The third kappa shape index (κ3) is 6.15. The van der Waals surface area contributed by atoms with Crippen molar-refractivity contribution in [3.8, 4) is 11.5 Å². The van der Waals surface area contributed by atoms with Gasteiger partial charge in [0.05, 0.1) is 24.2 Å². The van der Waals surface area contributed by atoms with Crippen molar-refractivity contribution in [2.75, 3.05) is 13.7 Å². The Morgan fingerprint density at radius 3 is 2.56 bits per heavy atom. The molecular formula is C23H26F3N3O3. The number of halogens is 3. The number of methoxy groups -OCH3 is 1. The minimum atomic E-state index is -4.44. The van der Waals surface area contributed by atoms with Crippen molar-refractivity contribution < 1.29 is 27.4 Å². The van der Waals surface area contributed by atoms with Gasteiger partial charge in [-0.1, -0.05) is 32.0 Å². The number of aryl methyl sites for hydroxylation is 1. The molecule has 2 N–H and O–H groups in total. The van der Waals surface area contributed by atoms with Crippen LogP contribution in [0, 0.1) is 5.92 Å². The predicted molar refractivity (Wildman–Crippen MR) is 115 cm³/mol. The van der Waals surface area contributed by atoms with Gasteiger partial charge in [-0.3, -0.25) is 4.79 Å².